The number of aromatic nitrogens is 1. The van der Waals surface area contributed by atoms with E-state index in [9.17, 15) is 9.59 Å². The Balaban J connectivity index is 1.37. The maximum absolute atomic E-state index is 12.7. The maximum atomic E-state index is 12.7. The Labute approximate surface area is 166 Å². The molecule has 2 amide bonds. The minimum Gasteiger partial charge on any atom is -0.353 e. The first-order valence-corrected chi connectivity index (χ1v) is 10.5. The monoisotopic (exact) mass is 379 g/mol. The second-order valence-electron chi connectivity index (χ2n) is 8.21. The molecule has 0 spiro atoms. The Morgan fingerprint density at radius 1 is 1.18 bits per heavy atom. The number of carbonyl (C=O) groups excluding carboxylic acids is 2. The van der Waals surface area contributed by atoms with E-state index in [1.807, 2.05) is 53.4 Å². The first kappa shape index (κ1) is 18.8. The first-order valence-electron chi connectivity index (χ1n) is 10.5. The standard InChI is InChI=1S/C23H29N3O2/c1-2-5-17-14-22(27)25-21-15-18(8-11-20(17)21)24-23(28)16-6-9-19(10-7-16)26-12-3-4-13-26/h3-4,6-7,9-10,12-13,17-18,20-21H,2,5,8,11,14-15H2,1H3,(H,24,28)(H,25,27). The van der Waals surface area contributed by atoms with Crippen molar-refractivity contribution < 1.29 is 9.59 Å². The van der Waals surface area contributed by atoms with E-state index in [0.717, 1.165) is 37.8 Å². The number of hydrogen-bond acceptors (Lipinski definition) is 2. The molecule has 1 saturated heterocycles. The molecule has 1 saturated carbocycles. The van der Waals surface area contributed by atoms with Crippen LogP contribution in [0.25, 0.3) is 5.69 Å². The number of fused-ring (bicyclic) bond motifs is 1. The highest BCUT2D eigenvalue weighted by atomic mass is 16.2. The van der Waals surface area contributed by atoms with Gasteiger partial charge in [-0.15, -0.1) is 0 Å². The van der Waals surface area contributed by atoms with Gasteiger partial charge >= 0.3 is 0 Å². The van der Waals surface area contributed by atoms with Crippen LogP contribution in [0, 0.1) is 11.8 Å². The zero-order valence-corrected chi connectivity index (χ0v) is 16.4. The number of amides is 2. The minimum atomic E-state index is -0.0326. The van der Waals surface area contributed by atoms with E-state index in [0.29, 0.717) is 23.8 Å². The molecule has 2 heterocycles. The van der Waals surface area contributed by atoms with E-state index in [4.69, 9.17) is 0 Å². The van der Waals surface area contributed by atoms with Crippen LogP contribution >= 0.6 is 0 Å². The summed E-state index contributed by atoms with van der Waals surface area (Å²) in [5, 5.41) is 6.37. The topological polar surface area (TPSA) is 63.1 Å². The second kappa shape index (κ2) is 8.21. The number of hydrogen-bond donors (Lipinski definition) is 2. The summed E-state index contributed by atoms with van der Waals surface area (Å²) in [5.41, 5.74) is 1.71. The van der Waals surface area contributed by atoms with Gasteiger partial charge < -0.3 is 15.2 Å². The third-order valence-corrected chi connectivity index (χ3v) is 6.33. The van der Waals surface area contributed by atoms with Crippen molar-refractivity contribution in [3.8, 4) is 5.69 Å². The van der Waals surface area contributed by atoms with E-state index < -0.39 is 0 Å². The molecule has 0 bridgehead atoms. The summed E-state index contributed by atoms with van der Waals surface area (Å²) in [4.78, 5) is 24.8. The average molecular weight is 380 g/mol. The van der Waals surface area contributed by atoms with Crippen LogP contribution in [0.4, 0.5) is 0 Å². The van der Waals surface area contributed by atoms with Crippen molar-refractivity contribution in [2.45, 2.75) is 57.5 Å². The van der Waals surface area contributed by atoms with Gasteiger partial charge in [0, 0.05) is 42.1 Å². The minimum absolute atomic E-state index is 0.0326. The van der Waals surface area contributed by atoms with E-state index in [-0.39, 0.29) is 23.9 Å². The summed E-state index contributed by atoms with van der Waals surface area (Å²) < 4.78 is 2.02. The van der Waals surface area contributed by atoms with Gasteiger partial charge in [0.2, 0.25) is 5.91 Å². The molecule has 2 N–H and O–H groups in total. The summed E-state index contributed by atoms with van der Waals surface area (Å²) in [5.74, 6) is 1.20. The highest BCUT2D eigenvalue weighted by Gasteiger charge is 2.40. The fourth-order valence-electron chi connectivity index (χ4n) is 4.96. The van der Waals surface area contributed by atoms with Crippen molar-refractivity contribution in [3.05, 3.63) is 54.4 Å². The van der Waals surface area contributed by atoms with E-state index in [1.54, 1.807) is 0 Å². The third kappa shape index (κ3) is 3.98. The van der Waals surface area contributed by atoms with Gasteiger partial charge in [-0.1, -0.05) is 13.3 Å². The maximum Gasteiger partial charge on any atom is 0.251 e. The number of nitrogens with one attached hydrogen (secondary N) is 2. The molecule has 4 atom stereocenters. The van der Waals surface area contributed by atoms with Gasteiger partial charge in [-0.25, -0.2) is 0 Å². The lowest BCUT2D eigenvalue weighted by atomic mass is 9.70. The number of carbonyl (C=O) groups is 2. The summed E-state index contributed by atoms with van der Waals surface area (Å²) >= 11 is 0. The Bertz CT molecular complexity index is 813. The summed E-state index contributed by atoms with van der Waals surface area (Å²) in [6.07, 6.45) is 9.79. The van der Waals surface area contributed by atoms with Gasteiger partial charge in [0.1, 0.15) is 0 Å². The van der Waals surface area contributed by atoms with Crippen LogP contribution in [0.15, 0.2) is 48.8 Å². The third-order valence-electron chi connectivity index (χ3n) is 6.33. The van der Waals surface area contributed by atoms with E-state index in [1.165, 1.54) is 0 Å². The van der Waals surface area contributed by atoms with Crippen LogP contribution in [0.2, 0.25) is 0 Å². The summed E-state index contributed by atoms with van der Waals surface area (Å²) in [6.45, 7) is 2.19. The molecule has 4 rings (SSSR count). The molecule has 2 fully saturated rings. The molecule has 148 valence electrons. The van der Waals surface area contributed by atoms with E-state index in [2.05, 4.69) is 17.6 Å². The molecule has 2 aliphatic rings. The Morgan fingerprint density at radius 2 is 1.93 bits per heavy atom. The van der Waals surface area contributed by atoms with Crippen molar-refractivity contribution in [2.24, 2.45) is 11.8 Å². The molecule has 0 radical (unpaired) electrons. The van der Waals surface area contributed by atoms with Crippen molar-refractivity contribution in [1.82, 2.24) is 15.2 Å². The first-order chi connectivity index (χ1) is 13.6. The SMILES string of the molecule is CCCC1CC(=O)NC2CC(NC(=O)c3ccc(-n4cccc4)cc3)CCC12. The Morgan fingerprint density at radius 3 is 2.64 bits per heavy atom. The lowest BCUT2D eigenvalue weighted by Gasteiger charge is -2.44. The van der Waals surface area contributed by atoms with Gasteiger partial charge in [0.15, 0.2) is 0 Å². The average Bonchev–Trinajstić information content (AvgIpc) is 3.23. The molecule has 28 heavy (non-hydrogen) atoms. The van der Waals surface area contributed by atoms with Crippen molar-refractivity contribution >= 4 is 11.8 Å². The van der Waals surface area contributed by atoms with E-state index >= 15 is 0 Å². The molecule has 5 nitrogen and oxygen atoms in total. The molecule has 1 aliphatic heterocycles. The molecular weight excluding hydrogens is 350 g/mol. The summed E-state index contributed by atoms with van der Waals surface area (Å²) in [6, 6.07) is 11.9. The number of nitrogens with zero attached hydrogens (tertiary/aromatic N) is 1. The molecular formula is C23H29N3O2. The summed E-state index contributed by atoms with van der Waals surface area (Å²) in [7, 11) is 0. The molecule has 2 aromatic rings. The molecule has 4 unspecified atom stereocenters. The number of piperidine rings is 1. The fraction of sp³-hybridized carbons (Fsp3) is 0.478. The largest absolute Gasteiger partial charge is 0.353 e. The smallest absolute Gasteiger partial charge is 0.251 e. The second-order valence-corrected chi connectivity index (χ2v) is 8.21. The Hall–Kier alpha value is -2.56. The molecule has 5 heteroatoms. The fourth-order valence-corrected chi connectivity index (χ4v) is 4.96. The van der Waals surface area contributed by atoms with Gasteiger partial charge in [-0.05, 0) is 73.9 Å². The lowest BCUT2D eigenvalue weighted by molar-refractivity contribution is -0.127. The highest BCUT2D eigenvalue weighted by Crippen LogP contribution is 2.37. The zero-order chi connectivity index (χ0) is 19.5. The lowest BCUT2D eigenvalue weighted by Crippen LogP contribution is -2.55. The van der Waals surface area contributed by atoms with Crippen LogP contribution in [-0.2, 0) is 4.79 Å². The normalized spacial score (nSPS) is 27.0. The highest BCUT2D eigenvalue weighted by molar-refractivity contribution is 5.94. The quantitative estimate of drug-likeness (QED) is 0.832. The number of rotatable bonds is 5. The van der Waals surface area contributed by atoms with Crippen LogP contribution in [0.1, 0.15) is 55.8 Å². The van der Waals surface area contributed by atoms with Gasteiger partial charge in [-0.3, -0.25) is 9.59 Å². The molecule has 1 aliphatic carbocycles. The van der Waals surface area contributed by atoms with Crippen LogP contribution in [-0.4, -0.2) is 28.5 Å². The van der Waals surface area contributed by atoms with Crippen LogP contribution < -0.4 is 10.6 Å². The van der Waals surface area contributed by atoms with Crippen molar-refractivity contribution in [2.75, 3.05) is 0 Å². The van der Waals surface area contributed by atoms with Crippen LogP contribution in [0.3, 0.4) is 0 Å². The zero-order valence-electron chi connectivity index (χ0n) is 16.4. The predicted octanol–water partition coefficient (Wildman–Crippen LogP) is 3.68. The molecule has 1 aromatic carbocycles. The molecule has 1 aromatic heterocycles. The van der Waals surface area contributed by atoms with Gasteiger partial charge in [0.05, 0.1) is 0 Å². The van der Waals surface area contributed by atoms with Crippen molar-refractivity contribution in [1.29, 1.82) is 0 Å². The predicted molar refractivity (Wildman–Crippen MR) is 109 cm³/mol. The van der Waals surface area contributed by atoms with Crippen molar-refractivity contribution in [3.63, 3.8) is 0 Å². The Kier molecular flexibility index (Phi) is 5.51. The number of benzene rings is 1. The van der Waals surface area contributed by atoms with Gasteiger partial charge in [0.25, 0.3) is 5.91 Å². The van der Waals surface area contributed by atoms with Gasteiger partial charge in [-0.2, -0.15) is 0 Å². The van der Waals surface area contributed by atoms with Crippen LogP contribution in [0.5, 0.6) is 0 Å².